The second-order valence-electron chi connectivity index (χ2n) is 8.02. The van der Waals surface area contributed by atoms with Crippen LogP contribution in [0.3, 0.4) is 0 Å². The highest BCUT2D eigenvalue weighted by molar-refractivity contribution is 7.89. The molecule has 2 aromatic rings. The topological polar surface area (TPSA) is 75.7 Å². The molecular weight excluding hydrogens is 433 g/mol. The first-order chi connectivity index (χ1) is 14.2. The van der Waals surface area contributed by atoms with Gasteiger partial charge in [-0.1, -0.05) is 37.4 Å². The van der Waals surface area contributed by atoms with Gasteiger partial charge in [0.1, 0.15) is 0 Å². The summed E-state index contributed by atoms with van der Waals surface area (Å²) in [4.78, 5) is 17.4. The van der Waals surface area contributed by atoms with Crippen molar-refractivity contribution in [3.05, 3.63) is 65.2 Å². The molecule has 0 bridgehead atoms. The Labute approximate surface area is 180 Å². The molecule has 31 heavy (non-hydrogen) atoms. The number of hydrogen-bond acceptors (Lipinski definition) is 4. The van der Waals surface area contributed by atoms with E-state index in [1.165, 1.54) is 50.6 Å². The highest BCUT2D eigenvalue weighted by atomic mass is 32.2. The van der Waals surface area contributed by atoms with Crippen LogP contribution in [0.2, 0.25) is 0 Å². The SMILES string of the molecule is CON(C)S(=O)(=O)c1ccc(C(=O)NC(c2cccc(C(F)(F)F)c2)C(C)(C)C)cc1. The molecule has 0 spiro atoms. The monoisotopic (exact) mass is 458 g/mol. The summed E-state index contributed by atoms with van der Waals surface area (Å²) >= 11 is 0. The van der Waals surface area contributed by atoms with Crippen molar-refractivity contribution < 1.29 is 31.2 Å². The minimum atomic E-state index is -4.50. The lowest BCUT2D eigenvalue weighted by atomic mass is 9.81. The van der Waals surface area contributed by atoms with Crippen LogP contribution in [0.25, 0.3) is 0 Å². The number of benzene rings is 2. The summed E-state index contributed by atoms with van der Waals surface area (Å²) in [7, 11) is -1.42. The maximum Gasteiger partial charge on any atom is 0.416 e. The van der Waals surface area contributed by atoms with Gasteiger partial charge in [-0.15, -0.1) is 0 Å². The van der Waals surface area contributed by atoms with Gasteiger partial charge >= 0.3 is 6.18 Å². The molecule has 0 saturated carbocycles. The highest BCUT2D eigenvalue weighted by Gasteiger charge is 2.33. The Bertz CT molecular complexity index is 1030. The molecule has 1 N–H and O–H groups in total. The molecule has 1 unspecified atom stereocenters. The average Bonchev–Trinajstić information content (AvgIpc) is 2.69. The molecular formula is C21H25F3N2O4S. The van der Waals surface area contributed by atoms with Gasteiger partial charge in [0, 0.05) is 12.6 Å². The standard InChI is InChI=1S/C21H25F3N2O4S/c1-20(2,3)18(15-7-6-8-16(13-15)21(22,23)24)25-19(27)14-9-11-17(12-10-14)31(28,29)26(4)30-5/h6-13,18H,1-5H3,(H,25,27). The number of alkyl halides is 3. The van der Waals surface area contributed by atoms with E-state index in [-0.39, 0.29) is 10.5 Å². The Morgan fingerprint density at radius 1 is 1.06 bits per heavy atom. The van der Waals surface area contributed by atoms with Crippen LogP contribution in [-0.2, 0) is 21.0 Å². The molecule has 1 atom stereocenters. The lowest BCUT2D eigenvalue weighted by Crippen LogP contribution is -2.36. The number of hydrogen-bond donors (Lipinski definition) is 1. The Balaban J connectivity index is 2.33. The zero-order chi connectivity index (χ0) is 23.6. The molecule has 0 aromatic heterocycles. The Hall–Kier alpha value is -2.43. The summed E-state index contributed by atoms with van der Waals surface area (Å²) in [5.74, 6) is -0.540. The van der Waals surface area contributed by atoms with Crippen molar-refractivity contribution in [2.24, 2.45) is 5.41 Å². The minimum absolute atomic E-state index is 0.0707. The van der Waals surface area contributed by atoms with Crippen molar-refractivity contribution in [2.75, 3.05) is 14.2 Å². The summed E-state index contributed by atoms with van der Waals surface area (Å²) < 4.78 is 64.6. The van der Waals surface area contributed by atoms with Gasteiger partial charge in [-0.05, 0) is 47.4 Å². The van der Waals surface area contributed by atoms with Gasteiger partial charge in [0.25, 0.3) is 15.9 Å². The van der Waals surface area contributed by atoms with Gasteiger partial charge in [-0.2, -0.15) is 13.2 Å². The van der Waals surface area contributed by atoms with E-state index in [9.17, 15) is 26.4 Å². The molecule has 0 aliphatic heterocycles. The number of carbonyl (C=O) groups is 1. The van der Waals surface area contributed by atoms with Crippen LogP contribution in [0, 0.1) is 5.41 Å². The van der Waals surface area contributed by atoms with Crippen LogP contribution in [0.5, 0.6) is 0 Å². The third-order valence-electron chi connectivity index (χ3n) is 4.70. The van der Waals surface area contributed by atoms with E-state index in [0.717, 1.165) is 12.1 Å². The van der Waals surface area contributed by atoms with E-state index < -0.39 is 39.1 Å². The van der Waals surface area contributed by atoms with Crippen LogP contribution in [0.4, 0.5) is 13.2 Å². The predicted octanol–water partition coefficient (Wildman–Crippen LogP) is 4.40. The summed E-state index contributed by atoms with van der Waals surface area (Å²) in [6.45, 7) is 5.40. The number of nitrogens with one attached hydrogen (secondary N) is 1. The number of rotatable bonds is 6. The highest BCUT2D eigenvalue weighted by Crippen LogP contribution is 2.36. The first-order valence-corrected chi connectivity index (χ1v) is 10.7. The van der Waals surface area contributed by atoms with Crippen molar-refractivity contribution >= 4 is 15.9 Å². The van der Waals surface area contributed by atoms with Gasteiger partial charge in [-0.3, -0.25) is 9.63 Å². The van der Waals surface area contributed by atoms with E-state index in [0.29, 0.717) is 10.0 Å². The van der Waals surface area contributed by atoms with E-state index in [2.05, 4.69) is 5.32 Å². The normalized spacial score (nSPS) is 13.8. The number of sulfonamides is 1. The van der Waals surface area contributed by atoms with Gasteiger partial charge in [-0.25, -0.2) is 8.42 Å². The van der Waals surface area contributed by atoms with E-state index in [1.807, 2.05) is 0 Å². The van der Waals surface area contributed by atoms with Crippen molar-refractivity contribution in [1.82, 2.24) is 9.79 Å². The number of nitrogens with zero attached hydrogens (tertiary/aromatic N) is 1. The lowest BCUT2D eigenvalue weighted by molar-refractivity contribution is -0.137. The van der Waals surface area contributed by atoms with Crippen molar-refractivity contribution in [1.29, 1.82) is 0 Å². The Morgan fingerprint density at radius 2 is 1.65 bits per heavy atom. The van der Waals surface area contributed by atoms with Crippen LogP contribution in [-0.4, -0.2) is 33.0 Å². The largest absolute Gasteiger partial charge is 0.416 e. The molecule has 0 fully saturated rings. The maximum absolute atomic E-state index is 13.1. The zero-order valence-corrected chi connectivity index (χ0v) is 18.6. The fourth-order valence-corrected chi connectivity index (χ4v) is 3.91. The summed E-state index contributed by atoms with van der Waals surface area (Å²) in [6.07, 6.45) is -4.50. The smallest absolute Gasteiger partial charge is 0.345 e. The van der Waals surface area contributed by atoms with E-state index >= 15 is 0 Å². The molecule has 170 valence electrons. The fraction of sp³-hybridized carbons (Fsp3) is 0.381. The van der Waals surface area contributed by atoms with E-state index in [4.69, 9.17) is 4.84 Å². The third kappa shape index (κ3) is 5.84. The summed E-state index contributed by atoms with van der Waals surface area (Å²) in [6, 6.07) is 9.29. The van der Waals surface area contributed by atoms with Crippen LogP contribution in [0.1, 0.15) is 48.3 Å². The zero-order valence-electron chi connectivity index (χ0n) is 17.8. The second kappa shape index (κ2) is 8.97. The fourth-order valence-electron chi connectivity index (χ4n) is 2.93. The summed E-state index contributed by atoms with van der Waals surface area (Å²) in [5.41, 5.74) is -0.910. The number of amides is 1. The van der Waals surface area contributed by atoms with Gasteiger partial charge in [0.15, 0.2) is 0 Å². The van der Waals surface area contributed by atoms with Gasteiger partial charge < -0.3 is 5.32 Å². The van der Waals surface area contributed by atoms with Gasteiger partial charge in [0.05, 0.1) is 23.6 Å². The molecule has 0 radical (unpaired) electrons. The lowest BCUT2D eigenvalue weighted by Gasteiger charge is -2.32. The third-order valence-corrected chi connectivity index (χ3v) is 6.39. The van der Waals surface area contributed by atoms with Gasteiger partial charge in [0.2, 0.25) is 0 Å². The van der Waals surface area contributed by atoms with E-state index in [1.54, 1.807) is 20.8 Å². The summed E-state index contributed by atoms with van der Waals surface area (Å²) in [5, 5.41) is 2.77. The number of carbonyl (C=O) groups excluding carboxylic acids is 1. The Morgan fingerprint density at radius 3 is 2.13 bits per heavy atom. The number of halogens is 3. The van der Waals surface area contributed by atoms with Crippen molar-refractivity contribution in [3.63, 3.8) is 0 Å². The molecule has 0 aliphatic rings. The molecule has 0 saturated heterocycles. The van der Waals surface area contributed by atoms with Crippen molar-refractivity contribution in [2.45, 2.75) is 37.9 Å². The van der Waals surface area contributed by atoms with Crippen LogP contribution >= 0.6 is 0 Å². The first-order valence-electron chi connectivity index (χ1n) is 9.29. The van der Waals surface area contributed by atoms with Crippen molar-refractivity contribution in [3.8, 4) is 0 Å². The first kappa shape index (κ1) is 24.8. The molecule has 10 heteroatoms. The van der Waals surface area contributed by atoms with Crippen LogP contribution < -0.4 is 5.32 Å². The molecule has 1 amide bonds. The molecule has 6 nitrogen and oxygen atoms in total. The Kier molecular flexibility index (Phi) is 7.19. The molecule has 0 aliphatic carbocycles. The second-order valence-corrected chi connectivity index (χ2v) is 9.95. The minimum Gasteiger partial charge on any atom is -0.345 e. The quantitative estimate of drug-likeness (QED) is 0.651. The predicted molar refractivity (Wildman–Crippen MR) is 110 cm³/mol. The van der Waals surface area contributed by atoms with Crippen LogP contribution in [0.15, 0.2) is 53.4 Å². The molecule has 2 aromatic carbocycles. The average molecular weight is 459 g/mol. The maximum atomic E-state index is 13.1. The molecule has 0 heterocycles. The molecule has 2 rings (SSSR count). The number of hydroxylamine groups is 1.